The first-order valence-corrected chi connectivity index (χ1v) is 8.44. The van der Waals surface area contributed by atoms with Crippen LogP contribution in [-0.4, -0.2) is 9.97 Å². The Bertz CT molecular complexity index is 939. The third kappa shape index (κ3) is 2.08. The standard InChI is InChI=1S/C17H17N3OS/c1-10-5-4-8-20(11(10)2)9-14-18-16(21)15-12-6-3-7-13(12)22-17(15)19-14/h4-5,8H,3,6-7,9H2,1-2H3/p+1. The highest BCUT2D eigenvalue weighted by atomic mass is 32.1. The number of fused-ring (bicyclic) bond motifs is 3. The topological polar surface area (TPSA) is 49.6 Å². The highest BCUT2D eigenvalue weighted by Crippen LogP contribution is 2.34. The van der Waals surface area contributed by atoms with E-state index in [1.54, 1.807) is 11.3 Å². The van der Waals surface area contributed by atoms with Crippen molar-refractivity contribution in [3.63, 3.8) is 0 Å². The lowest BCUT2D eigenvalue weighted by molar-refractivity contribution is -0.695. The lowest BCUT2D eigenvalue weighted by Gasteiger charge is -2.03. The summed E-state index contributed by atoms with van der Waals surface area (Å²) >= 11 is 1.69. The summed E-state index contributed by atoms with van der Waals surface area (Å²) in [7, 11) is 0. The lowest BCUT2D eigenvalue weighted by atomic mass is 10.2. The molecule has 3 aromatic heterocycles. The Morgan fingerprint density at radius 3 is 3.09 bits per heavy atom. The summed E-state index contributed by atoms with van der Waals surface area (Å²) in [4.78, 5) is 22.4. The van der Waals surface area contributed by atoms with Crippen molar-refractivity contribution in [2.45, 2.75) is 39.7 Å². The second kappa shape index (κ2) is 5.02. The zero-order valence-electron chi connectivity index (χ0n) is 12.8. The van der Waals surface area contributed by atoms with Gasteiger partial charge in [-0.1, -0.05) is 0 Å². The molecule has 0 bridgehead atoms. The van der Waals surface area contributed by atoms with Crippen LogP contribution in [0.3, 0.4) is 0 Å². The summed E-state index contributed by atoms with van der Waals surface area (Å²) in [5.74, 6) is 0.733. The molecule has 0 saturated carbocycles. The number of hydrogen-bond donors (Lipinski definition) is 1. The summed E-state index contributed by atoms with van der Waals surface area (Å²) < 4.78 is 2.13. The number of nitrogens with one attached hydrogen (secondary N) is 1. The molecule has 112 valence electrons. The third-order valence-electron chi connectivity index (χ3n) is 4.56. The molecule has 5 heteroatoms. The molecule has 0 aromatic carbocycles. The smallest absolute Gasteiger partial charge is 0.260 e. The Kier molecular flexibility index (Phi) is 3.11. The molecule has 4 nitrogen and oxygen atoms in total. The van der Waals surface area contributed by atoms with Crippen molar-refractivity contribution in [2.75, 3.05) is 0 Å². The second-order valence-electron chi connectivity index (χ2n) is 5.95. The van der Waals surface area contributed by atoms with Gasteiger partial charge in [0.2, 0.25) is 6.54 Å². The average Bonchev–Trinajstić information content (AvgIpc) is 3.04. The van der Waals surface area contributed by atoms with E-state index >= 15 is 0 Å². The number of aryl methyl sites for hydroxylation is 3. The van der Waals surface area contributed by atoms with Gasteiger partial charge in [-0.05, 0) is 37.8 Å². The number of H-pyrrole nitrogens is 1. The molecule has 1 aliphatic carbocycles. The Balaban J connectivity index is 1.80. The van der Waals surface area contributed by atoms with Crippen LogP contribution in [0.25, 0.3) is 10.2 Å². The van der Waals surface area contributed by atoms with Gasteiger partial charge in [0.05, 0.1) is 5.39 Å². The summed E-state index contributed by atoms with van der Waals surface area (Å²) in [5, 5.41) is 0.826. The van der Waals surface area contributed by atoms with Crippen molar-refractivity contribution in [3.8, 4) is 0 Å². The van der Waals surface area contributed by atoms with E-state index in [-0.39, 0.29) is 5.56 Å². The van der Waals surface area contributed by atoms with Gasteiger partial charge in [-0.25, -0.2) is 4.98 Å². The van der Waals surface area contributed by atoms with Crippen LogP contribution < -0.4 is 10.1 Å². The number of rotatable bonds is 2. The van der Waals surface area contributed by atoms with Crippen LogP contribution in [0.2, 0.25) is 0 Å². The van der Waals surface area contributed by atoms with Crippen LogP contribution in [0.5, 0.6) is 0 Å². The van der Waals surface area contributed by atoms with E-state index in [0.717, 1.165) is 35.3 Å². The molecule has 3 aromatic rings. The normalized spacial score (nSPS) is 13.7. The second-order valence-corrected chi connectivity index (χ2v) is 7.04. The number of hydrogen-bond acceptors (Lipinski definition) is 3. The fourth-order valence-electron chi connectivity index (χ4n) is 3.20. The predicted octanol–water partition coefficient (Wildman–Crippen LogP) is 2.43. The zero-order chi connectivity index (χ0) is 15.3. The van der Waals surface area contributed by atoms with E-state index in [4.69, 9.17) is 4.98 Å². The summed E-state index contributed by atoms with van der Waals surface area (Å²) in [6.07, 6.45) is 5.31. The Hall–Kier alpha value is -2.01. The maximum absolute atomic E-state index is 12.5. The van der Waals surface area contributed by atoms with Crippen LogP contribution in [0.4, 0.5) is 0 Å². The van der Waals surface area contributed by atoms with Gasteiger partial charge in [0.25, 0.3) is 5.56 Å². The molecule has 0 radical (unpaired) electrons. The average molecular weight is 312 g/mol. The minimum Gasteiger partial charge on any atom is -0.305 e. The van der Waals surface area contributed by atoms with E-state index < -0.39 is 0 Å². The van der Waals surface area contributed by atoms with E-state index in [0.29, 0.717) is 6.54 Å². The largest absolute Gasteiger partial charge is 0.305 e. The van der Waals surface area contributed by atoms with Gasteiger partial charge in [-0.2, -0.15) is 4.57 Å². The first-order chi connectivity index (χ1) is 10.6. The molecular weight excluding hydrogens is 294 g/mol. The third-order valence-corrected chi connectivity index (χ3v) is 5.74. The molecule has 0 spiro atoms. The van der Waals surface area contributed by atoms with Crippen molar-refractivity contribution in [1.29, 1.82) is 0 Å². The predicted molar refractivity (Wildman–Crippen MR) is 87.5 cm³/mol. The molecule has 22 heavy (non-hydrogen) atoms. The first-order valence-electron chi connectivity index (χ1n) is 7.62. The molecule has 0 amide bonds. The molecule has 3 heterocycles. The molecule has 4 rings (SSSR count). The fourth-order valence-corrected chi connectivity index (χ4v) is 4.49. The summed E-state index contributed by atoms with van der Waals surface area (Å²) in [6, 6.07) is 4.12. The number of nitrogens with zero attached hydrogens (tertiary/aromatic N) is 2. The van der Waals surface area contributed by atoms with Crippen LogP contribution in [0.1, 0.15) is 33.9 Å². The monoisotopic (exact) mass is 312 g/mol. The minimum absolute atomic E-state index is 0.0188. The van der Waals surface area contributed by atoms with Crippen LogP contribution >= 0.6 is 11.3 Å². The van der Waals surface area contributed by atoms with Crippen molar-refractivity contribution >= 4 is 21.6 Å². The van der Waals surface area contributed by atoms with E-state index in [1.165, 1.54) is 21.7 Å². The van der Waals surface area contributed by atoms with Crippen LogP contribution in [-0.2, 0) is 19.4 Å². The lowest BCUT2D eigenvalue weighted by Crippen LogP contribution is -2.39. The number of pyridine rings is 1. The molecule has 0 unspecified atom stereocenters. The van der Waals surface area contributed by atoms with E-state index in [9.17, 15) is 4.79 Å². The first kappa shape index (κ1) is 13.6. The number of aromatic amines is 1. The molecule has 0 saturated heterocycles. The molecule has 0 fully saturated rings. The van der Waals surface area contributed by atoms with Gasteiger partial charge in [0, 0.05) is 23.4 Å². The van der Waals surface area contributed by atoms with Crippen molar-refractivity contribution in [3.05, 3.63) is 56.2 Å². The minimum atomic E-state index is 0.0188. The van der Waals surface area contributed by atoms with Crippen molar-refractivity contribution in [2.24, 2.45) is 0 Å². The molecule has 0 aliphatic heterocycles. The van der Waals surface area contributed by atoms with Crippen molar-refractivity contribution < 1.29 is 4.57 Å². The summed E-state index contributed by atoms with van der Waals surface area (Å²) in [6.45, 7) is 4.78. The van der Waals surface area contributed by atoms with E-state index in [1.807, 2.05) is 12.3 Å². The molecule has 0 atom stereocenters. The highest BCUT2D eigenvalue weighted by Gasteiger charge is 2.22. The van der Waals surface area contributed by atoms with Crippen LogP contribution in [0.15, 0.2) is 23.1 Å². The Morgan fingerprint density at radius 2 is 2.23 bits per heavy atom. The Morgan fingerprint density at radius 1 is 1.36 bits per heavy atom. The van der Waals surface area contributed by atoms with Gasteiger partial charge < -0.3 is 4.98 Å². The quantitative estimate of drug-likeness (QED) is 0.739. The van der Waals surface area contributed by atoms with Gasteiger partial charge in [0.15, 0.2) is 17.7 Å². The van der Waals surface area contributed by atoms with Crippen LogP contribution in [0, 0.1) is 13.8 Å². The molecule has 1 N–H and O–H groups in total. The maximum Gasteiger partial charge on any atom is 0.260 e. The van der Waals surface area contributed by atoms with Crippen molar-refractivity contribution in [1.82, 2.24) is 9.97 Å². The zero-order valence-corrected chi connectivity index (χ0v) is 13.6. The number of aromatic nitrogens is 3. The van der Waals surface area contributed by atoms with Gasteiger partial charge in [-0.3, -0.25) is 4.79 Å². The number of thiophene rings is 1. The van der Waals surface area contributed by atoms with Gasteiger partial charge >= 0.3 is 0 Å². The van der Waals surface area contributed by atoms with Gasteiger partial charge in [0.1, 0.15) is 4.83 Å². The molecule has 1 aliphatic rings. The SMILES string of the molecule is Cc1ccc[n+](Cc2nc3sc4c(c3c(=O)[nH]2)CCC4)c1C. The van der Waals surface area contributed by atoms with E-state index in [2.05, 4.69) is 29.5 Å². The summed E-state index contributed by atoms with van der Waals surface area (Å²) in [5.41, 5.74) is 3.69. The maximum atomic E-state index is 12.5. The fraction of sp³-hybridized carbons (Fsp3) is 0.353. The molecular formula is C17H18N3OS+. The Labute approximate surface area is 132 Å². The van der Waals surface area contributed by atoms with Gasteiger partial charge in [-0.15, -0.1) is 11.3 Å². The highest BCUT2D eigenvalue weighted by molar-refractivity contribution is 7.18.